The van der Waals surface area contributed by atoms with Crippen molar-refractivity contribution in [3.63, 3.8) is 0 Å². The quantitative estimate of drug-likeness (QED) is 0.618. The molecule has 160 valence electrons. The van der Waals surface area contributed by atoms with Gasteiger partial charge >= 0.3 is 0 Å². The Balaban J connectivity index is 1.70. The van der Waals surface area contributed by atoms with Crippen molar-refractivity contribution < 1.29 is 13.9 Å². The maximum atomic E-state index is 13.6. The Bertz CT molecular complexity index is 1220. The van der Waals surface area contributed by atoms with Gasteiger partial charge in [-0.05, 0) is 67.5 Å². The summed E-state index contributed by atoms with van der Waals surface area (Å²) >= 11 is 0. The van der Waals surface area contributed by atoms with Crippen molar-refractivity contribution in [2.24, 2.45) is 0 Å². The fourth-order valence-corrected chi connectivity index (χ4v) is 4.75. The van der Waals surface area contributed by atoms with Gasteiger partial charge < -0.3 is 14.1 Å². The second-order valence-corrected chi connectivity index (χ2v) is 8.70. The summed E-state index contributed by atoms with van der Waals surface area (Å²) in [5.74, 6) is -0.0596. The summed E-state index contributed by atoms with van der Waals surface area (Å²) < 4.78 is 11.9. The Hall–Kier alpha value is -2.92. The van der Waals surface area contributed by atoms with Crippen LogP contribution in [0, 0.1) is 13.8 Å². The molecule has 3 heterocycles. The van der Waals surface area contributed by atoms with Crippen LogP contribution in [0.15, 0.2) is 45.6 Å². The van der Waals surface area contributed by atoms with Crippen molar-refractivity contribution in [1.82, 2.24) is 4.90 Å². The number of hydrogen-bond donors (Lipinski definition) is 0. The van der Waals surface area contributed by atoms with Crippen LogP contribution in [-0.2, 0) is 11.2 Å². The normalized spacial score (nSPS) is 20.6. The molecule has 1 amide bonds. The third-order valence-electron chi connectivity index (χ3n) is 6.71. The lowest BCUT2D eigenvalue weighted by molar-refractivity contribution is 0.0486. The number of rotatable bonds is 4. The molecule has 2 aliphatic rings. The highest BCUT2D eigenvalue weighted by Gasteiger charge is 2.43. The fraction of sp³-hybridized carbons (Fsp3) is 0.385. The predicted octanol–water partition coefficient (Wildman–Crippen LogP) is 4.70. The predicted molar refractivity (Wildman–Crippen MR) is 120 cm³/mol. The molecule has 2 unspecified atom stereocenters. The molecular formula is C26H27NO4. The van der Waals surface area contributed by atoms with Gasteiger partial charge in [-0.1, -0.05) is 31.2 Å². The molecule has 0 radical (unpaired) electrons. The second-order valence-electron chi connectivity index (χ2n) is 8.70. The summed E-state index contributed by atoms with van der Waals surface area (Å²) in [5, 5.41) is 0.531. The van der Waals surface area contributed by atoms with E-state index in [0.29, 0.717) is 23.1 Å². The van der Waals surface area contributed by atoms with Crippen LogP contribution in [0.1, 0.15) is 64.2 Å². The standard InChI is InChI=1S/C26H27NO4/c1-4-17-7-9-18(10-8-17)23-22-24(28)20-12-15(2)16(3)13-21(20)31-25(22)26(29)27(23)14-19-6-5-11-30-19/h7-10,12-13,19,23H,4-6,11,14H2,1-3H3. The molecule has 31 heavy (non-hydrogen) atoms. The number of nitrogens with zero attached hydrogens (tertiary/aromatic N) is 1. The van der Waals surface area contributed by atoms with Gasteiger partial charge in [-0.3, -0.25) is 9.59 Å². The Labute approximate surface area is 181 Å². The lowest BCUT2D eigenvalue weighted by atomic mass is 9.96. The van der Waals surface area contributed by atoms with Gasteiger partial charge in [0.05, 0.1) is 23.1 Å². The van der Waals surface area contributed by atoms with E-state index in [1.165, 1.54) is 5.56 Å². The average molecular weight is 418 g/mol. The first-order chi connectivity index (χ1) is 15.0. The molecule has 5 heteroatoms. The Morgan fingerprint density at radius 2 is 1.81 bits per heavy atom. The monoisotopic (exact) mass is 417 g/mol. The highest BCUT2D eigenvalue weighted by molar-refractivity contribution is 5.99. The summed E-state index contributed by atoms with van der Waals surface area (Å²) in [5.41, 5.74) is 5.01. The zero-order valence-electron chi connectivity index (χ0n) is 18.2. The van der Waals surface area contributed by atoms with Crippen molar-refractivity contribution in [2.75, 3.05) is 13.2 Å². The molecule has 1 aromatic heterocycles. The first-order valence-electron chi connectivity index (χ1n) is 11.1. The number of fused-ring (bicyclic) bond motifs is 2. The van der Waals surface area contributed by atoms with E-state index in [-0.39, 0.29) is 23.2 Å². The van der Waals surface area contributed by atoms with Crippen molar-refractivity contribution >= 4 is 16.9 Å². The minimum atomic E-state index is -0.458. The lowest BCUT2D eigenvalue weighted by Crippen LogP contribution is -2.36. The largest absolute Gasteiger partial charge is 0.450 e. The van der Waals surface area contributed by atoms with Gasteiger partial charge in [-0.2, -0.15) is 0 Å². The van der Waals surface area contributed by atoms with Crippen LogP contribution in [0.25, 0.3) is 11.0 Å². The molecule has 2 aliphatic heterocycles. The van der Waals surface area contributed by atoms with Gasteiger partial charge in [-0.25, -0.2) is 0 Å². The number of hydrogen-bond acceptors (Lipinski definition) is 4. The molecule has 1 fully saturated rings. The van der Waals surface area contributed by atoms with E-state index in [9.17, 15) is 9.59 Å². The molecule has 0 aliphatic carbocycles. The zero-order valence-corrected chi connectivity index (χ0v) is 18.2. The SMILES string of the molecule is CCc1ccc(C2c3c(oc4cc(C)c(C)cc4c3=O)C(=O)N2CC2CCCO2)cc1. The molecule has 0 saturated carbocycles. The van der Waals surface area contributed by atoms with Crippen LogP contribution < -0.4 is 5.43 Å². The topological polar surface area (TPSA) is 59.8 Å². The van der Waals surface area contributed by atoms with Crippen molar-refractivity contribution in [3.05, 3.63) is 80.2 Å². The van der Waals surface area contributed by atoms with E-state index in [1.54, 1.807) is 4.90 Å². The third kappa shape index (κ3) is 3.28. The van der Waals surface area contributed by atoms with E-state index in [0.717, 1.165) is 42.6 Å². The maximum absolute atomic E-state index is 13.6. The average Bonchev–Trinajstić information content (AvgIpc) is 3.38. The number of amides is 1. The Kier molecular flexibility index (Phi) is 4.94. The molecule has 0 N–H and O–H groups in total. The molecule has 5 nitrogen and oxygen atoms in total. The van der Waals surface area contributed by atoms with Gasteiger partial charge in [0.15, 0.2) is 5.43 Å². The fourth-order valence-electron chi connectivity index (χ4n) is 4.75. The molecule has 2 aromatic carbocycles. The molecule has 0 spiro atoms. The zero-order chi connectivity index (χ0) is 21.7. The highest BCUT2D eigenvalue weighted by atomic mass is 16.5. The van der Waals surface area contributed by atoms with Crippen molar-refractivity contribution in [3.8, 4) is 0 Å². The van der Waals surface area contributed by atoms with Gasteiger partial charge in [0, 0.05) is 13.2 Å². The molecule has 1 saturated heterocycles. The van der Waals surface area contributed by atoms with Gasteiger partial charge in [0.1, 0.15) is 5.58 Å². The minimum Gasteiger partial charge on any atom is -0.450 e. The summed E-state index contributed by atoms with van der Waals surface area (Å²) in [4.78, 5) is 28.9. The first kappa shape index (κ1) is 20.0. The van der Waals surface area contributed by atoms with Crippen molar-refractivity contribution in [2.45, 2.75) is 52.2 Å². The molecule has 3 aromatic rings. The van der Waals surface area contributed by atoms with Crippen LogP contribution in [0.3, 0.4) is 0 Å². The number of aryl methyl sites for hydroxylation is 3. The number of benzene rings is 2. The van der Waals surface area contributed by atoms with E-state index in [2.05, 4.69) is 19.1 Å². The van der Waals surface area contributed by atoms with E-state index in [1.807, 2.05) is 38.1 Å². The third-order valence-corrected chi connectivity index (χ3v) is 6.71. The van der Waals surface area contributed by atoms with E-state index >= 15 is 0 Å². The lowest BCUT2D eigenvalue weighted by Gasteiger charge is -2.27. The van der Waals surface area contributed by atoms with E-state index < -0.39 is 6.04 Å². The number of carbonyl (C=O) groups excluding carboxylic acids is 1. The van der Waals surface area contributed by atoms with Crippen LogP contribution in [0.5, 0.6) is 0 Å². The first-order valence-corrected chi connectivity index (χ1v) is 11.1. The smallest absolute Gasteiger partial charge is 0.291 e. The summed E-state index contributed by atoms with van der Waals surface area (Å²) in [6.45, 7) is 7.24. The van der Waals surface area contributed by atoms with Gasteiger partial charge in [-0.15, -0.1) is 0 Å². The van der Waals surface area contributed by atoms with Crippen molar-refractivity contribution in [1.29, 1.82) is 0 Å². The molecule has 2 atom stereocenters. The summed E-state index contributed by atoms with van der Waals surface area (Å²) in [6.07, 6.45) is 2.84. The Morgan fingerprint density at radius 1 is 1.06 bits per heavy atom. The molecular weight excluding hydrogens is 390 g/mol. The van der Waals surface area contributed by atoms with Crippen LogP contribution in [0.4, 0.5) is 0 Å². The highest BCUT2D eigenvalue weighted by Crippen LogP contribution is 2.39. The Morgan fingerprint density at radius 3 is 2.48 bits per heavy atom. The van der Waals surface area contributed by atoms with Gasteiger partial charge in [0.2, 0.25) is 5.76 Å². The number of ether oxygens (including phenoxy) is 1. The maximum Gasteiger partial charge on any atom is 0.291 e. The second kappa shape index (κ2) is 7.65. The van der Waals surface area contributed by atoms with E-state index in [4.69, 9.17) is 9.15 Å². The summed E-state index contributed by atoms with van der Waals surface area (Å²) in [7, 11) is 0. The van der Waals surface area contributed by atoms with Gasteiger partial charge in [0.25, 0.3) is 5.91 Å². The minimum absolute atomic E-state index is 0.00955. The van der Waals surface area contributed by atoms with Crippen LogP contribution in [-0.4, -0.2) is 30.1 Å². The van der Waals surface area contributed by atoms with Crippen LogP contribution >= 0.6 is 0 Å². The molecule has 5 rings (SSSR count). The summed E-state index contributed by atoms with van der Waals surface area (Å²) in [6, 6.07) is 11.5. The van der Waals surface area contributed by atoms with Crippen LogP contribution in [0.2, 0.25) is 0 Å². The molecule has 0 bridgehead atoms. The number of carbonyl (C=O) groups is 1.